The zero-order valence-corrected chi connectivity index (χ0v) is 19.0. The van der Waals surface area contributed by atoms with Crippen LogP contribution in [0.15, 0.2) is 20.9 Å². The molecule has 0 aromatic carbocycles. The van der Waals surface area contributed by atoms with Gasteiger partial charge in [-0.1, -0.05) is 6.92 Å². The molecule has 0 aliphatic rings. The second-order valence-corrected chi connectivity index (χ2v) is 7.99. The number of hydrogen-bond acceptors (Lipinski definition) is 3. The van der Waals surface area contributed by atoms with Crippen molar-refractivity contribution < 1.29 is 4.79 Å². The summed E-state index contributed by atoms with van der Waals surface area (Å²) in [5, 5.41) is 3.39. The molecule has 0 aliphatic carbocycles. The molecule has 1 heterocycles. The maximum Gasteiger partial charge on any atom is 0.243 e. The Kier molecular flexibility index (Phi) is 11.1. The Morgan fingerprint density at radius 3 is 2.52 bits per heavy atom. The molecule has 0 fully saturated rings. The second kappa shape index (κ2) is 11.2. The first kappa shape index (κ1) is 22.6. The molecule has 1 unspecified atom stereocenters. The van der Waals surface area contributed by atoms with Gasteiger partial charge in [0.05, 0.1) is 10.3 Å². The number of nitrogens with one attached hydrogen (secondary N) is 1. The fourth-order valence-corrected chi connectivity index (χ4v) is 3.17. The SMILES string of the molecule is CCC(C)NC(=NCC(=O)N(C)C)N(C)Cc1ccc(Br)s1.I. The summed E-state index contributed by atoms with van der Waals surface area (Å²) in [6.07, 6.45) is 0.999. The van der Waals surface area contributed by atoms with Crippen molar-refractivity contribution in [3.8, 4) is 0 Å². The summed E-state index contributed by atoms with van der Waals surface area (Å²) in [4.78, 5) is 21.1. The van der Waals surface area contributed by atoms with E-state index in [1.807, 2.05) is 18.0 Å². The Hall–Kier alpha value is -0.350. The van der Waals surface area contributed by atoms with Crippen LogP contribution in [-0.4, -0.2) is 55.4 Å². The molecule has 132 valence electrons. The van der Waals surface area contributed by atoms with Crippen LogP contribution >= 0.6 is 51.2 Å². The van der Waals surface area contributed by atoms with Crippen LogP contribution in [-0.2, 0) is 11.3 Å². The number of aliphatic imine (C=N–C) groups is 1. The molecule has 0 spiro atoms. The molecule has 23 heavy (non-hydrogen) atoms. The molecular formula is C15H26BrIN4OS. The number of likely N-dealkylation sites (N-methyl/N-ethyl adjacent to an activating group) is 1. The van der Waals surface area contributed by atoms with Gasteiger partial charge >= 0.3 is 0 Å². The molecule has 8 heteroatoms. The van der Waals surface area contributed by atoms with Crippen molar-refractivity contribution in [2.75, 3.05) is 27.7 Å². The van der Waals surface area contributed by atoms with Crippen molar-refractivity contribution in [2.45, 2.75) is 32.9 Å². The number of nitrogens with zero attached hydrogens (tertiary/aromatic N) is 3. The number of guanidine groups is 1. The first-order valence-electron chi connectivity index (χ1n) is 7.30. The van der Waals surface area contributed by atoms with Gasteiger partial charge in [0.15, 0.2) is 5.96 Å². The predicted molar refractivity (Wildman–Crippen MR) is 113 cm³/mol. The quantitative estimate of drug-likeness (QED) is 0.358. The van der Waals surface area contributed by atoms with Crippen LogP contribution in [0.5, 0.6) is 0 Å². The van der Waals surface area contributed by atoms with E-state index in [9.17, 15) is 4.79 Å². The smallest absolute Gasteiger partial charge is 0.243 e. The highest BCUT2D eigenvalue weighted by Gasteiger charge is 2.12. The van der Waals surface area contributed by atoms with Gasteiger partial charge in [0.1, 0.15) is 6.54 Å². The molecule has 1 N–H and O–H groups in total. The van der Waals surface area contributed by atoms with Crippen LogP contribution in [0.25, 0.3) is 0 Å². The van der Waals surface area contributed by atoms with Crippen LogP contribution in [0.2, 0.25) is 0 Å². The minimum Gasteiger partial charge on any atom is -0.354 e. The third-order valence-electron chi connectivity index (χ3n) is 3.23. The van der Waals surface area contributed by atoms with Crippen LogP contribution in [0, 0.1) is 0 Å². The summed E-state index contributed by atoms with van der Waals surface area (Å²) in [7, 11) is 5.47. The molecule has 1 aromatic heterocycles. The lowest BCUT2D eigenvalue weighted by atomic mass is 10.3. The average Bonchev–Trinajstić information content (AvgIpc) is 2.87. The summed E-state index contributed by atoms with van der Waals surface area (Å²) in [6.45, 7) is 5.15. The van der Waals surface area contributed by atoms with E-state index in [2.05, 4.69) is 46.2 Å². The Labute approximate surface area is 168 Å². The number of halogens is 2. The standard InChI is InChI=1S/C15H25BrN4OS.HI/c1-6-11(2)18-15(17-9-14(21)19(3)4)20(5)10-12-7-8-13(16)22-12;/h7-8,11H,6,9-10H2,1-5H3,(H,17,18);1H. The lowest BCUT2D eigenvalue weighted by Crippen LogP contribution is -2.43. The topological polar surface area (TPSA) is 47.9 Å². The van der Waals surface area contributed by atoms with Gasteiger partial charge < -0.3 is 15.1 Å². The number of rotatable bonds is 6. The summed E-state index contributed by atoms with van der Waals surface area (Å²) in [6, 6.07) is 4.45. The third-order valence-corrected chi connectivity index (χ3v) is 4.84. The molecule has 1 rings (SSSR count). The van der Waals surface area contributed by atoms with Gasteiger partial charge in [-0.2, -0.15) is 0 Å². The second-order valence-electron chi connectivity index (χ2n) is 5.44. The number of carbonyl (C=O) groups is 1. The lowest BCUT2D eigenvalue weighted by molar-refractivity contribution is -0.127. The van der Waals surface area contributed by atoms with Crippen molar-refractivity contribution in [2.24, 2.45) is 4.99 Å². The minimum atomic E-state index is -0.00396. The molecule has 0 radical (unpaired) electrons. The Bertz CT molecular complexity index is 521. The zero-order valence-electron chi connectivity index (χ0n) is 14.3. The van der Waals surface area contributed by atoms with Gasteiger partial charge in [-0.15, -0.1) is 35.3 Å². The molecule has 0 saturated heterocycles. The van der Waals surface area contributed by atoms with Crippen LogP contribution in [0.4, 0.5) is 0 Å². The van der Waals surface area contributed by atoms with E-state index in [1.165, 1.54) is 4.88 Å². The first-order chi connectivity index (χ1) is 10.3. The Morgan fingerprint density at radius 1 is 1.39 bits per heavy atom. The highest BCUT2D eigenvalue weighted by Crippen LogP contribution is 2.23. The van der Waals surface area contributed by atoms with Crippen LogP contribution in [0.3, 0.4) is 0 Å². The summed E-state index contributed by atoms with van der Waals surface area (Å²) >= 11 is 5.18. The van der Waals surface area contributed by atoms with E-state index in [0.717, 1.165) is 22.7 Å². The molecule has 0 aliphatic heterocycles. The van der Waals surface area contributed by atoms with Crippen molar-refractivity contribution in [1.82, 2.24) is 15.1 Å². The van der Waals surface area contributed by atoms with E-state index >= 15 is 0 Å². The van der Waals surface area contributed by atoms with Gasteiger partial charge in [0, 0.05) is 32.1 Å². The van der Waals surface area contributed by atoms with E-state index in [4.69, 9.17) is 0 Å². The normalized spacial score (nSPS) is 12.3. The largest absolute Gasteiger partial charge is 0.354 e. The summed E-state index contributed by atoms with van der Waals surface area (Å²) in [5.74, 6) is 0.754. The summed E-state index contributed by atoms with van der Waals surface area (Å²) < 4.78 is 1.12. The van der Waals surface area contributed by atoms with E-state index in [0.29, 0.717) is 6.04 Å². The molecule has 1 aromatic rings. The van der Waals surface area contributed by atoms with Gasteiger partial charge in [0.2, 0.25) is 5.91 Å². The van der Waals surface area contributed by atoms with Crippen molar-refractivity contribution in [1.29, 1.82) is 0 Å². The Balaban J connectivity index is 0.00000484. The first-order valence-corrected chi connectivity index (χ1v) is 8.90. The number of carbonyl (C=O) groups excluding carboxylic acids is 1. The fourth-order valence-electron chi connectivity index (χ4n) is 1.63. The van der Waals surface area contributed by atoms with Crippen LogP contribution < -0.4 is 5.32 Å². The monoisotopic (exact) mass is 516 g/mol. The maximum atomic E-state index is 11.8. The maximum absolute atomic E-state index is 11.8. The minimum absolute atomic E-state index is 0. The summed E-state index contributed by atoms with van der Waals surface area (Å²) in [5.41, 5.74) is 0. The molecule has 1 amide bonds. The molecule has 0 saturated carbocycles. The molecule has 1 atom stereocenters. The van der Waals surface area contributed by atoms with Crippen LogP contribution in [0.1, 0.15) is 25.1 Å². The fraction of sp³-hybridized carbons (Fsp3) is 0.600. The highest BCUT2D eigenvalue weighted by atomic mass is 127. The number of amides is 1. The van der Waals surface area contributed by atoms with Crippen molar-refractivity contribution in [3.63, 3.8) is 0 Å². The third kappa shape index (κ3) is 8.35. The number of hydrogen-bond donors (Lipinski definition) is 1. The van der Waals surface area contributed by atoms with Crippen molar-refractivity contribution in [3.05, 3.63) is 20.8 Å². The van der Waals surface area contributed by atoms with Gasteiger partial charge in [-0.05, 0) is 41.4 Å². The zero-order chi connectivity index (χ0) is 16.7. The predicted octanol–water partition coefficient (Wildman–Crippen LogP) is 3.39. The molecular weight excluding hydrogens is 491 g/mol. The lowest BCUT2D eigenvalue weighted by Gasteiger charge is -2.25. The molecule has 5 nitrogen and oxygen atoms in total. The number of thiophene rings is 1. The van der Waals surface area contributed by atoms with E-state index < -0.39 is 0 Å². The highest BCUT2D eigenvalue weighted by molar-refractivity contribution is 14.0. The van der Waals surface area contributed by atoms with Gasteiger partial charge in [-0.25, -0.2) is 4.99 Å². The van der Waals surface area contributed by atoms with E-state index in [1.54, 1.807) is 30.3 Å². The van der Waals surface area contributed by atoms with Gasteiger partial charge in [-0.3, -0.25) is 4.79 Å². The molecule has 0 bridgehead atoms. The van der Waals surface area contributed by atoms with Gasteiger partial charge in [0.25, 0.3) is 0 Å². The van der Waals surface area contributed by atoms with Crippen molar-refractivity contribution >= 4 is 63.1 Å². The average molecular weight is 517 g/mol. The Morgan fingerprint density at radius 2 is 2.04 bits per heavy atom. The van der Waals surface area contributed by atoms with E-state index in [-0.39, 0.29) is 36.4 Å².